The fourth-order valence-corrected chi connectivity index (χ4v) is 1.23. The Balaban J connectivity index is 4.89. The van der Waals surface area contributed by atoms with E-state index in [2.05, 4.69) is 0 Å². The largest absolute Gasteiger partial charge is 0.478 e. The molecule has 0 aromatic rings. The van der Waals surface area contributed by atoms with Crippen molar-refractivity contribution in [3.8, 4) is 0 Å². The zero-order chi connectivity index (χ0) is 11.1. The van der Waals surface area contributed by atoms with Gasteiger partial charge in [0.05, 0.1) is 0 Å². The van der Waals surface area contributed by atoms with E-state index in [4.69, 9.17) is 10.2 Å². The second kappa shape index (κ2) is 6.18. The first-order chi connectivity index (χ1) is 6.54. The summed E-state index contributed by atoms with van der Waals surface area (Å²) in [6.45, 7) is 3.59. The Morgan fingerprint density at radius 2 is 1.50 bits per heavy atom. The molecule has 2 N–H and O–H groups in total. The van der Waals surface area contributed by atoms with E-state index in [1.165, 1.54) is 0 Å². The van der Waals surface area contributed by atoms with Crippen molar-refractivity contribution in [3.63, 3.8) is 0 Å². The molecular formula is C10H16O4. The van der Waals surface area contributed by atoms with Crippen molar-refractivity contribution in [2.45, 2.75) is 39.5 Å². The summed E-state index contributed by atoms with van der Waals surface area (Å²) in [4.78, 5) is 21.5. The van der Waals surface area contributed by atoms with Gasteiger partial charge in [0.15, 0.2) is 0 Å². The topological polar surface area (TPSA) is 74.6 Å². The first-order valence-corrected chi connectivity index (χ1v) is 4.73. The second-order valence-electron chi connectivity index (χ2n) is 3.02. The van der Waals surface area contributed by atoms with Crippen molar-refractivity contribution in [1.82, 2.24) is 0 Å². The molecular weight excluding hydrogens is 184 g/mol. The van der Waals surface area contributed by atoms with Crippen molar-refractivity contribution in [2.24, 2.45) is 0 Å². The highest BCUT2D eigenvalue weighted by Gasteiger charge is 2.17. The number of carboxylic acid groups (broad SMARTS) is 2. The van der Waals surface area contributed by atoms with Crippen LogP contribution >= 0.6 is 0 Å². The zero-order valence-corrected chi connectivity index (χ0v) is 8.54. The number of aliphatic carboxylic acids is 2. The molecule has 0 aromatic carbocycles. The quantitative estimate of drug-likeness (QED) is 0.643. The summed E-state index contributed by atoms with van der Waals surface area (Å²) < 4.78 is 0. The first kappa shape index (κ1) is 12.7. The van der Waals surface area contributed by atoms with Crippen molar-refractivity contribution in [3.05, 3.63) is 11.1 Å². The van der Waals surface area contributed by atoms with E-state index in [1.54, 1.807) is 6.92 Å². The molecule has 0 unspecified atom stereocenters. The number of carbonyl (C=O) groups is 2. The summed E-state index contributed by atoms with van der Waals surface area (Å²) in [5.74, 6) is -2.24. The zero-order valence-electron chi connectivity index (χ0n) is 8.54. The molecule has 0 rings (SSSR count). The number of hydrogen-bond acceptors (Lipinski definition) is 2. The number of hydrogen-bond donors (Lipinski definition) is 2. The SMILES string of the molecule is CCCCC(C(=O)O)=C(CC)C(=O)O. The molecule has 0 aliphatic carbocycles. The van der Waals surface area contributed by atoms with E-state index in [1.807, 2.05) is 6.92 Å². The summed E-state index contributed by atoms with van der Waals surface area (Å²) in [7, 11) is 0. The fourth-order valence-electron chi connectivity index (χ4n) is 1.23. The van der Waals surface area contributed by atoms with Gasteiger partial charge in [-0.25, -0.2) is 9.59 Å². The molecule has 0 aromatic heterocycles. The molecule has 80 valence electrons. The van der Waals surface area contributed by atoms with Crippen molar-refractivity contribution >= 4 is 11.9 Å². The molecule has 0 atom stereocenters. The lowest BCUT2D eigenvalue weighted by atomic mass is 10.0. The maximum absolute atomic E-state index is 10.8. The Labute approximate surface area is 83.2 Å². The fraction of sp³-hybridized carbons (Fsp3) is 0.600. The van der Waals surface area contributed by atoms with Crippen LogP contribution in [0.2, 0.25) is 0 Å². The van der Waals surface area contributed by atoms with Crippen LogP contribution in [0.1, 0.15) is 39.5 Å². The summed E-state index contributed by atoms with van der Waals surface area (Å²) >= 11 is 0. The monoisotopic (exact) mass is 200 g/mol. The van der Waals surface area contributed by atoms with Gasteiger partial charge in [-0.1, -0.05) is 20.3 Å². The van der Waals surface area contributed by atoms with Gasteiger partial charge in [-0.15, -0.1) is 0 Å². The highest BCUT2D eigenvalue weighted by molar-refractivity contribution is 5.98. The first-order valence-electron chi connectivity index (χ1n) is 4.73. The molecule has 0 spiro atoms. The third-order valence-electron chi connectivity index (χ3n) is 2.01. The summed E-state index contributed by atoms with van der Waals surface area (Å²) in [5, 5.41) is 17.6. The van der Waals surface area contributed by atoms with Gasteiger partial charge in [0, 0.05) is 11.1 Å². The van der Waals surface area contributed by atoms with Crippen LogP contribution in [0.3, 0.4) is 0 Å². The molecule has 0 heterocycles. The molecule has 4 heteroatoms. The number of carboxylic acids is 2. The molecule has 0 aliphatic heterocycles. The summed E-state index contributed by atoms with van der Waals surface area (Å²) in [6, 6.07) is 0. The smallest absolute Gasteiger partial charge is 0.332 e. The lowest BCUT2D eigenvalue weighted by Crippen LogP contribution is -2.11. The molecule has 0 aliphatic rings. The van der Waals surface area contributed by atoms with Gasteiger partial charge in [-0.05, 0) is 19.3 Å². The summed E-state index contributed by atoms with van der Waals surface area (Å²) in [5.41, 5.74) is 0.0628. The van der Waals surface area contributed by atoms with Crippen LogP contribution in [0.15, 0.2) is 11.1 Å². The van der Waals surface area contributed by atoms with Gasteiger partial charge in [-0.3, -0.25) is 0 Å². The Morgan fingerprint density at radius 1 is 1.00 bits per heavy atom. The Kier molecular flexibility index (Phi) is 5.60. The van der Waals surface area contributed by atoms with E-state index in [0.29, 0.717) is 12.8 Å². The van der Waals surface area contributed by atoms with E-state index in [-0.39, 0.29) is 17.6 Å². The van der Waals surface area contributed by atoms with Crippen LogP contribution in [-0.2, 0) is 9.59 Å². The van der Waals surface area contributed by atoms with Crippen LogP contribution in [0.4, 0.5) is 0 Å². The lowest BCUT2D eigenvalue weighted by Gasteiger charge is -2.05. The van der Waals surface area contributed by atoms with Crippen LogP contribution in [-0.4, -0.2) is 22.2 Å². The number of rotatable bonds is 6. The number of unbranched alkanes of at least 4 members (excludes halogenated alkanes) is 1. The third-order valence-corrected chi connectivity index (χ3v) is 2.01. The molecule has 14 heavy (non-hydrogen) atoms. The van der Waals surface area contributed by atoms with Crippen LogP contribution in [0, 0.1) is 0 Å². The standard InChI is InChI=1S/C10H16O4/c1-3-5-6-8(10(13)14)7(4-2)9(11)12/h3-6H2,1-2H3,(H,11,12)(H,13,14). The van der Waals surface area contributed by atoms with E-state index >= 15 is 0 Å². The van der Waals surface area contributed by atoms with Crippen molar-refractivity contribution < 1.29 is 19.8 Å². The minimum absolute atomic E-state index is 0.0194. The van der Waals surface area contributed by atoms with Gasteiger partial charge in [0.2, 0.25) is 0 Å². The Bertz CT molecular complexity index is 253. The molecule has 4 nitrogen and oxygen atoms in total. The van der Waals surface area contributed by atoms with Crippen LogP contribution in [0.5, 0.6) is 0 Å². The van der Waals surface area contributed by atoms with Gasteiger partial charge in [0.1, 0.15) is 0 Å². The van der Waals surface area contributed by atoms with Crippen molar-refractivity contribution in [2.75, 3.05) is 0 Å². The van der Waals surface area contributed by atoms with Gasteiger partial charge >= 0.3 is 11.9 Å². The van der Waals surface area contributed by atoms with E-state index < -0.39 is 11.9 Å². The molecule has 0 saturated heterocycles. The molecule has 0 amide bonds. The minimum Gasteiger partial charge on any atom is -0.478 e. The van der Waals surface area contributed by atoms with Crippen LogP contribution in [0.25, 0.3) is 0 Å². The van der Waals surface area contributed by atoms with Crippen LogP contribution < -0.4 is 0 Å². The van der Waals surface area contributed by atoms with Crippen molar-refractivity contribution in [1.29, 1.82) is 0 Å². The minimum atomic E-state index is -1.12. The van der Waals surface area contributed by atoms with E-state index in [0.717, 1.165) is 6.42 Å². The van der Waals surface area contributed by atoms with E-state index in [9.17, 15) is 9.59 Å². The molecule has 0 bridgehead atoms. The molecule has 0 saturated carbocycles. The average Bonchev–Trinajstić information content (AvgIpc) is 2.10. The molecule has 0 radical (unpaired) electrons. The second-order valence-corrected chi connectivity index (χ2v) is 3.02. The maximum atomic E-state index is 10.8. The third kappa shape index (κ3) is 3.60. The summed E-state index contributed by atoms with van der Waals surface area (Å²) in [6.07, 6.45) is 2.15. The maximum Gasteiger partial charge on any atom is 0.332 e. The Morgan fingerprint density at radius 3 is 1.79 bits per heavy atom. The van der Waals surface area contributed by atoms with Gasteiger partial charge < -0.3 is 10.2 Å². The lowest BCUT2D eigenvalue weighted by molar-refractivity contribution is -0.136. The predicted molar refractivity (Wildman–Crippen MR) is 52.1 cm³/mol. The Hall–Kier alpha value is -1.32. The highest BCUT2D eigenvalue weighted by atomic mass is 16.4. The average molecular weight is 200 g/mol. The normalized spacial score (nSPS) is 12.1. The molecule has 0 fully saturated rings. The predicted octanol–water partition coefficient (Wildman–Crippen LogP) is 2.05. The van der Waals surface area contributed by atoms with Gasteiger partial charge in [0.25, 0.3) is 0 Å². The van der Waals surface area contributed by atoms with Gasteiger partial charge in [-0.2, -0.15) is 0 Å². The highest BCUT2D eigenvalue weighted by Crippen LogP contribution is 2.16.